The third kappa shape index (κ3) is 6.94. The highest BCUT2D eigenvalue weighted by Gasteiger charge is 2.40. The summed E-state index contributed by atoms with van der Waals surface area (Å²) in [6.45, 7) is 3.08. The molecule has 1 aromatic rings. The van der Waals surface area contributed by atoms with Crippen LogP contribution in [0.3, 0.4) is 0 Å². The number of fused-ring (bicyclic) bond motifs is 1. The average Bonchev–Trinajstić information content (AvgIpc) is 2.82. The lowest BCUT2D eigenvalue weighted by atomic mass is 9.91. The number of carboxylic acid groups (broad SMARTS) is 1. The maximum atomic E-state index is 13.6. The molecular formula is C23H34N4O6S. The van der Waals surface area contributed by atoms with Crippen LogP contribution in [-0.4, -0.2) is 81.6 Å². The molecule has 0 saturated heterocycles. The Bertz CT molecular complexity index is 896. The Hall–Kier alpha value is -2.63. The van der Waals surface area contributed by atoms with Gasteiger partial charge in [0.15, 0.2) is 0 Å². The van der Waals surface area contributed by atoms with E-state index in [1.807, 2.05) is 30.5 Å². The van der Waals surface area contributed by atoms with E-state index in [2.05, 4.69) is 10.6 Å². The fourth-order valence-corrected chi connectivity index (χ4v) is 4.26. The molecule has 0 bridgehead atoms. The van der Waals surface area contributed by atoms with Crippen LogP contribution >= 0.6 is 11.8 Å². The number of thioether (sulfide) groups is 1. The van der Waals surface area contributed by atoms with Crippen LogP contribution in [0.2, 0.25) is 0 Å². The normalized spacial score (nSPS) is 17.9. The van der Waals surface area contributed by atoms with Crippen molar-refractivity contribution in [2.75, 3.05) is 18.6 Å². The molecule has 0 aliphatic carbocycles. The summed E-state index contributed by atoms with van der Waals surface area (Å²) in [5.41, 5.74) is 7.37. The summed E-state index contributed by atoms with van der Waals surface area (Å²) in [5.74, 6) is -2.61. The van der Waals surface area contributed by atoms with E-state index in [9.17, 15) is 29.4 Å². The van der Waals surface area contributed by atoms with Gasteiger partial charge in [-0.05, 0) is 35.5 Å². The quantitative estimate of drug-likeness (QED) is 0.281. The number of amides is 3. The van der Waals surface area contributed by atoms with E-state index in [4.69, 9.17) is 5.73 Å². The van der Waals surface area contributed by atoms with Gasteiger partial charge in [-0.15, -0.1) is 0 Å². The molecule has 6 N–H and O–H groups in total. The molecule has 0 aromatic heterocycles. The minimum atomic E-state index is -1.18. The molecule has 11 heteroatoms. The van der Waals surface area contributed by atoms with Crippen LogP contribution in [-0.2, 0) is 32.1 Å². The lowest BCUT2D eigenvalue weighted by molar-refractivity contribution is -0.147. The van der Waals surface area contributed by atoms with E-state index in [1.54, 1.807) is 13.8 Å². The molecule has 3 amide bonds. The van der Waals surface area contributed by atoms with Crippen molar-refractivity contribution in [1.29, 1.82) is 0 Å². The van der Waals surface area contributed by atoms with E-state index < -0.39 is 54.5 Å². The predicted molar refractivity (Wildman–Crippen MR) is 129 cm³/mol. The summed E-state index contributed by atoms with van der Waals surface area (Å²) < 4.78 is 0. The second kappa shape index (κ2) is 12.7. The van der Waals surface area contributed by atoms with E-state index >= 15 is 0 Å². The number of rotatable bonds is 11. The molecule has 1 aliphatic heterocycles. The number of nitrogens with two attached hydrogens (primary N) is 1. The van der Waals surface area contributed by atoms with Crippen LogP contribution in [0.5, 0.6) is 0 Å². The molecule has 1 aliphatic rings. The number of nitrogens with one attached hydrogen (secondary N) is 2. The Morgan fingerprint density at radius 2 is 1.82 bits per heavy atom. The number of nitrogens with zero attached hydrogens (tertiary/aromatic N) is 1. The summed E-state index contributed by atoms with van der Waals surface area (Å²) in [4.78, 5) is 52.2. The molecule has 188 valence electrons. The smallest absolute Gasteiger partial charge is 0.326 e. The Labute approximate surface area is 203 Å². The Balaban J connectivity index is 2.34. The van der Waals surface area contributed by atoms with Crippen LogP contribution in [0, 0.1) is 5.92 Å². The van der Waals surface area contributed by atoms with Crippen LogP contribution in [0.15, 0.2) is 24.3 Å². The van der Waals surface area contributed by atoms with Crippen LogP contribution in [0.1, 0.15) is 31.4 Å². The van der Waals surface area contributed by atoms with Gasteiger partial charge < -0.3 is 31.5 Å². The highest BCUT2D eigenvalue weighted by molar-refractivity contribution is 7.98. The van der Waals surface area contributed by atoms with Gasteiger partial charge in [0.1, 0.15) is 24.2 Å². The lowest BCUT2D eigenvalue weighted by Crippen LogP contribution is -2.61. The third-order valence-corrected chi connectivity index (χ3v) is 6.47. The van der Waals surface area contributed by atoms with Gasteiger partial charge in [-0.25, -0.2) is 4.79 Å². The molecule has 10 nitrogen and oxygen atoms in total. The highest BCUT2D eigenvalue weighted by atomic mass is 32.2. The molecule has 2 rings (SSSR count). The minimum Gasteiger partial charge on any atom is -0.480 e. The van der Waals surface area contributed by atoms with Crippen molar-refractivity contribution < 1.29 is 29.4 Å². The van der Waals surface area contributed by atoms with Crippen molar-refractivity contribution in [1.82, 2.24) is 15.5 Å². The molecule has 1 heterocycles. The summed E-state index contributed by atoms with van der Waals surface area (Å²) in [6.07, 6.45) is 2.32. The number of carbonyl (C=O) groups excluding carboxylic acids is 3. The second-order valence-corrected chi connectivity index (χ2v) is 9.64. The standard InChI is InChI=1S/C23H34N4O6S/c1-13(2)19(26-20(29)16(24)12-28)22(31)27-11-15-7-5-4-6-14(15)10-18(27)21(30)25-17(23(32)33)8-9-34-3/h4-7,13,16-19,28H,8-12,24H2,1-3H3,(H,25,30)(H,26,29)(H,32,33)/t16-,17?,18?,19-/m0/s1. The summed E-state index contributed by atoms with van der Waals surface area (Å²) >= 11 is 1.48. The van der Waals surface area contributed by atoms with Gasteiger partial charge >= 0.3 is 5.97 Å². The van der Waals surface area contributed by atoms with Gasteiger partial charge in [-0.2, -0.15) is 11.8 Å². The van der Waals surface area contributed by atoms with Gasteiger partial charge in [0.2, 0.25) is 17.7 Å². The van der Waals surface area contributed by atoms with E-state index in [-0.39, 0.29) is 25.3 Å². The van der Waals surface area contributed by atoms with Gasteiger partial charge in [0.05, 0.1) is 6.61 Å². The zero-order valence-electron chi connectivity index (χ0n) is 19.7. The first-order chi connectivity index (χ1) is 16.1. The van der Waals surface area contributed by atoms with Crippen molar-refractivity contribution in [3.05, 3.63) is 35.4 Å². The molecule has 0 radical (unpaired) electrons. The average molecular weight is 495 g/mol. The summed E-state index contributed by atoms with van der Waals surface area (Å²) in [7, 11) is 0. The van der Waals surface area contributed by atoms with Crippen molar-refractivity contribution in [2.45, 2.75) is 57.4 Å². The van der Waals surface area contributed by atoms with Crippen LogP contribution < -0.4 is 16.4 Å². The maximum Gasteiger partial charge on any atom is 0.326 e. The fourth-order valence-electron chi connectivity index (χ4n) is 3.79. The van der Waals surface area contributed by atoms with E-state index in [0.717, 1.165) is 11.1 Å². The molecular weight excluding hydrogens is 460 g/mol. The first kappa shape index (κ1) is 27.6. The predicted octanol–water partition coefficient (Wildman–Crippen LogP) is -0.277. The van der Waals surface area contributed by atoms with Crippen molar-refractivity contribution in [3.8, 4) is 0 Å². The zero-order valence-corrected chi connectivity index (χ0v) is 20.5. The largest absolute Gasteiger partial charge is 0.480 e. The fraction of sp³-hybridized carbons (Fsp3) is 0.565. The first-order valence-electron chi connectivity index (χ1n) is 11.2. The third-order valence-electron chi connectivity index (χ3n) is 5.82. The number of hydrogen-bond donors (Lipinski definition) is 5. The van der Waals surface area contributed by atoms with Gasteiger partial charge in [-0.3, -0.25) is 14.4 Å². The molecule has 0 spiro atoms. The van der Waals surface area contributed by atoms with Crippen molar-refractivity contribution in [3.63, 3.8) is 0 Å². The topological polar surface area (TPSA) is 162 Å². The number of benzene rings is 1. The van der Waals surface area contributed by atoms with Gasteiger partial charge in [0.25, 0.3) is 0 Å². The Kier molecular flexibility index (Phi) is 10.3. The number of carbonyl (C=O) groups is 4. The van der Waals surface area contributed by atoms with Gasteiger partial charge in [0, 0.05) is 13.0 Å². The van der Waals surface area contributed by atoms with Crippen LogP contribution in [0.25, 0.3) is 0 Å². The number of hydrogen-bond acceptors (Lipinski definition) is 7. The molecule has 34 heavy (non-hydrogen) atoms. The SMILES string of the molecule is CSCCC(NC(=O)C1Cc2ccccc2CN1C(=O)[C@@H](NC(=O)[C@@H](N)CO)C(C)C)C(=O)O. The second-order valence-electron chi connectivity index (χ2n) is 8.66. The molecule has 4 atom stereocenters. The molecule has 2 unspecified atom stereocenters. The minimum absolute atomic E-state index is 0.140. The van der Waals surface area contributed by atoms with E-state index in [1.165, 1.54) is 16.7 Å². The highest BCUT2D eigenvalue weighted by Crippen LogP contribution is 2.25. The number of aliphatic hydroxyl groups is 1. The summed E-state index contributed by atoms with van der Waals surface area (Å²) in [5, 5.41) is 23.9. The lowest BCUT2D eigenvalue weighted by Gasteiger charge is -2.39. The Morgan fingerprint density at radius 1 is 1.18 bits per heavy atom. The Morgan fingerprint density at radius 3 is 2.38 bits per heavy atom. The number of carboxylic acids is 1. The van der Waals surface area contributed by atoms with Crippen molar-refractivity contribution in [2.24, 2.45) is 11.7 Å². The number of aliphatic hydroxyl groups excluding tert-OH is 1. The molecule has 0 fully saturated rings. The van der Waals surface area contributed by atoms with E-state index in [0.29, 0.717) is 5.75 Å². The monoisotopic (exact) mass is 494 g/mol. The van der Waals surface area contributed by atoms with Gasteiger partial charge in [-0.1, -0.05) is 38.1 Å². The molecule has 1 aromatic carbocycles. The number of aliphatic carboxylic acids is 1. The summed E-state index contributed by atoms with van der Waals surface area (Å²) in [6, 6.07) is 3.26. The van der Waals surface area contributed by atoms with Crippen molar-refractivity contribution >= 4 is 35.5 Å². The van der Waals surface area contributed by atoms with Crippen LogP contribution in [0.4, 0.5) is 0 Å². The maximum absolute atomic E-state index is 13.6. The molecule has 0 saturated carbocycles. The zero-order chi connectivity index (χ0) is 25.4. The first-order valence-corrected chi connectivity index (χ1v) is 12.6.